The van der Waals surface area contributed by atoms with E-state index in [-0.39, 0.29) is 18.4 Å². The standard InChI is InChI=1S/C15H12Cl2F2O/c16-11-3-1-9(14(17)7-11)5-13(20)6-10-2-4-12(18)8-15(10)19/h1-4,7-8,13,20H,5-6H2. The number of benzene rings is 2. The van der Waals surface area contributed by atoms with E-state index in [0.717, 1.165) is 11.6 Å². The number of aliphatic hydroxyl groups is 1. The molecule has 1 N–H and O–H groups in total. The van der Waals surface area contributed by atoms with Gasteiger partial charge in [0, 0.05) is 29.0 Å². The van der Waals surface area contributed by atoms with E-state index in [1.54, 1.807) is 18.2 Å². The van der Waals surface area contributed by atoms with Gasteiger partial charge in [-0.3, -0.25) is 0 Å². The van der Waals surface area contributed by atoms with Crippen molar-refractivity contribution >= 4 is 23.2 Å². The number of halogens is 4. The van der Waals surface area contributed by atoms with Crippen LogP contribution in [0.4, 0.5) is 8.78 Å². The van der Waals surface area contributed by atoms with Gasteiger partial charge in [-0.15, -0.1) is 0 Å². The van der Waals surface area contributed by atoms with Gasteiger partial charge >= 0.3 is 0 Å². The second kappa shape index (κ2) is 6.53. The summed E-state index contributed by atoms with van der Waals surface area (Å²) in [6, 6.07) is 8.28. The van der Waals surface area contributed by atoms with Crippen molar-refractivity contribution in [2.45, 2.75) is 18.9 Å². The molecule has 0 radical (unpaired) electrons. The first-order valence-corrected chi connectivity index (χ1v) is 6.77. The second-order valence-corrected chi connectivity index (χ2v) is 5.38. The Bertz CT molecular complexity index is 563. The molecule has 0 saturated carbocycles. The van der Waals surface area contributed by atoms with Gasteiger partial charge in [0.2, 0.25) is 0 Å². The number of rotatable bonds is 4. The van der Waals surface area contributed by atoms with Gasteiger partial charge in [-0.05, 0) is 29.3 Å². The zero-order valence-corrected chi connectivity index (χ0v) is 11.9. The minimum Gasteiger partial charge on any atom is -0.392 e. The molecule has 0 aliphatic carbocycles. The maximum atomic E-state index is 13.5. The first-order chi connectivity index (χ1) is 9.45. The molecule has 0 bridgehead atoms. The molecule has 1 atom stereocenters. The molecule has 5 heteroatoms. The highest BCUT2D eigenvalue weighted by Crippen LogP contribution is 2.23. The summed E-state index contributed by atoms with van der Waals surface area (Å²) >= 11 is 11.8. The molecular formula is C15H12Cl2F2O. The Morgan fingerprint density at radius 3 is 2.25 bits per heavy atom. The van der Waals surface area contributed by atoms with Crippen molar-refractivity contribution in [3.63, 3.8) is 0 Å². The number of hydrogen-bond donors (Lipinski definition) is 1. The normalized spacial score (nSPS) is 12.4. The highest BCUT2D eigenvalue weighted by molar-refractivity contribution is 6.35. The van der Waals surface area contributed by atoms with E-state index >= 15 is 0 Å². The summed E-state index contributed by atoms with van der Waals surface area (Å²) in [4.78, 5) is 0. The van der Waals surface area contributed by atoms with Gasteiger partial charge in [0.1, 0.15) is 11.6 Å². The Morgan fingerprint density at radius 1 is 0.950 bits per heavy atom. The van der Waals surface area contributed by atoms with Gasteiger partial charge in [0.05, 0.1) is 6.10 Å². The van der Waals surface area contributed by atoms with E-state index < -0.39 is 17.7 Å². The Balaban J connectivity index is 2.07. The summed E-state index contributed by atoms with van der Waals surface area (Å²) in [5, 5.41) is 11.0. The van der Waals surface area contributed by atoms with Gasteiger partial charge in [-0.25, -0.2) is 8.78 Å². The Kier molecular flexibility index (Phi) is 4.97. The molecule has 1 nitrogen and oxygen atoms in total. The molecule has 0 aliphatic heterocycles. The van der Waals surface area contributed by atoms with E-state index in [1.165, 1.54) is 12.1 Å². The summed E-state index contributed by atoms with van der Waals surface area (Å²) in [6.07, 6.45) is -0.452. The first kappa shape index (κ1) is 15.2. The molecular weight excluding hydrogens is 305 g/mol. The van der Waals surface area contributed by atoms with Crippen molar-refractivity contribution in [3.8, 4) is 0 Å². The molecule has 1 unspecified atom stereocenters. The van der Waals surface area contributed by atoms with E-state index in [1.807, 2.05) is 0 Å². The predicted molar refractivity (Wildman–Crippen MR) is 76.2 cm³/mol. The van der Waals surface area contributed by atoms with Crippen LogP contribution in [0.5, 0.6) is 0 Å². The quantitative estimate of drug-likeness (QED) is 0.885. The average molecular weight is 317 g/mol. The number of aliphatic hydroxyl groups excluding tert-OH is 1. The third-order valence-corrected chi connectivity index (χ3v) is 3.53. The lowest BCUT2D eigenvalue weighted by atomic mass is 10.0. The fourth-order valence-electron chi connectivity index (χ4n) is 1.95. The Morgan fingerprint density at radius 2 is 1.60 bits per heavy atom. The lowest BCUT2D eigenvalue weighted by molar-refractivity contribution is 0.174. The molecule has 2 aromatic rings. The topological polar surface area (TPSA) is 20.2 Å². The lowest BCUT2D eigenvalue weighted by Gasteiger charge is -2.12. The monoisotopic (exact) mass is 316 g/mol. The van der Waals surface area contributed by atoms with Gasteiger partial charge in [0.25, 0.3) is 0 Å². The molecule has 20 heavy (non-hydrogen) atoms. The third-order valence-electron chi connectivity index (χ3n) is 2.94. The van der Waals surface area contributed by atoms with Crippen LogP contribution >= 0.6 is 23.2 Å². The molecule has 0 saturated heterocycles. The summed E-state index contributed by atoms with van der Waals surface area (Å²) in [5.41, 5.74) is 0.995. The first-order valence-electron chi connectivity index (χ1n) is 6.01. The highest BCUT2D eigenvalue weighted by Gasteiger charge is 2.13. The van der Waals surface area contributed by atoms with E-state index in [0.29, 0.717) is 10.0 Å². The maximum Gasteiger partial charge on any atom is 0.129 e. The average Bonchev–Trinajstić information content (AvgIpc) is 2.36. The van der Waals surface area contributed by atoms with E-state index in [9.17, 15) is 13.9 Å². The minimum absolute atomic E-state index is 0.0884. The minimum atomic E-state index is -0.811. The van der Waals surface area contributed by atoms with Gasteiger partial charge in [-0.1, -0.05) is 35.3 Å². The smallest absolute Gasteiger partial charge is 0.129 e. The van der Waals surface area contributed by atoms with Gasteiger partial charge in [0.15, 0.2) is 0 Å². The molecule has 0 heterocycles. The van der Waals surface area contributed by atoms with Crippen LogP contribution in [-0.2, 0) is 12.8 Å². The van der Waals surface area contributed by atoms with E-state index in [4.69, 9.17) is 23.2 Å². The summed E-state index contributed by atoms with van der Waals surface area (Å²) in [5.74, 6) is -1.30. The Labute approximate surface area is 125 Å². The van der Waals surface area contributed by atoms with Crippen LogP contribution in [0.25, 0.3) is 0 Å². The Hall–Kier alpha value is -1.16. The summed E-state index contributed by atoms with van der Waals surface area (Å²) in [6.45, 7) is 0. The molecule has 0 fully saturated rings. The lowest BCUT2D eigenvalue weighted by Crippen LogP contribution is -2.15. The van der Waals surface area contributed by atoms with Crippen molar-refractivity contribution in [3.05, 3.63) is 69.2 Å². The molecule has 2 aromatic carbocycles. The largest absolute Gasteiger partial charge is 0.392 e. The molecule has 0 aromatic heterocycles. The van der Waals surface area contributed by atoms with Crippen LogP contribution in [0.2, 0.25) is 10.0 Å². The van der Waals surface area contributed by atoms with Crippen LogP contribution in [0.1, 0.15) is 11.1 Å². The predicted octanol–water partition coefficient (Wildman–Crippen LogP) is 4.42. The highest BCUT2D eigenvalue weighted by atomic mass is 35.5. The van der Waals surface area contributed by atoms with Crippen molar-refractivity contribution in [2.75, 3.05) is 0 Å². The van der Waals surface area contributed by atoms with Crippen LogP contribution in [0.15, 0.2) is 36.4 Å². The molecule has 0 aliphatic rings. The van der Waals surface area contributed by atoms with Crippen LogP contribution in [-0.4, -0.2) is 11.2 Å². The fraction of sp³-hybridized carbons (Fsp3) is 0.200. The molecule has 0 spiro atoms. The van der Waals surface area contributed by atoms with Crippen molar-refractivity contribution in [2.24, 2.45) is 0 Å². The fourth-order valence-corrected chi connectivity index (χ4v) is 2.44. The van der Waals surface area contributed by atoms with Crippen LogP contribution in [0.3, 0.4) is 0 Å². The SMILES string of the molecule is OC(Cc1ccc(F)cc1F)Cc1ccc(Cl)cc1Cl. The zero-order valence-electron chi connectivity index (χ0n) is 10.4. The maximum absolute atomic E-state index is 13.5. The summed E-state index contributed by atoms with van der Waals surface area (Å²) in [7, 11) is 0. The van der Waals surface area contributed by atoms with Crippen molar-refractivity contribution in [1.29, 1.82) is 0 Å². The number of hydrogen-bond acceptors (Lipinski definition) is 1. The van der Waals surface area contributed by atoms with Crippen LogP contribution < -0.4 is 0 Å². The zero-order chi connectivity index (χ0) is 14.7. The molecule has 2 rings (SSSR count). The molecule has 106 valence electrons. The van der Waals surface area contributed by atoms with Crippen molar-refractivity contribution < 1.29 is 13.9 Å². The van der Waals surface area contributed by atoms with Crippen molar-refractivity contribution in [1.82, 2.24) is 0 Å². The van der Waals surface area contributed by atoms with Crippen LogP contribution in [0, 0.1) is 11.6 Å². The van der Waals surface area contributed by atoms with Gasteiger partial charge < -0.3 is 5.11 Å². The van der Waals surface area contributed by atoms with Gasteiger partial charge in [-0.2, -0.15) is 0 Å². The van der Waals surface area contributed by atoms with E-state index in [2.05, 4.69) is 0 Å². The molecule has 0 amide bonds. The summed E-state index contributed by atoms with van der Waals surface area (Å²) < 4.78 is 26.3. The third kappa shape index (κ3) is 3.92. The second-order valence-electron chi connectivity index (χ2n) is 4.53.